The second kappa shape index (κ2) is 11.3. The number of amides is 3. The van der Waals surface area contributed by atoms with Crippen molar-refractivity contribution in [2.24, 2.45) is 13.0 Å². The van der Waals surface area contributed by atoms with Crippen molar-refractivity contribution in [2.45, 2.75) is 77.5 Å². The number of methoxy groups -OCH3 is 1. The van der Waals surface area contributed by atoms with E-state index in [1.807, 2.05) is 68.5 Å². The Morgan fingerprint density at radius 1 is 1.05 bits per heavy atom. The molecule has 3 amide bonds. The predicted molar refractivity (Wildman–Crippen MR) is 146 cm³/mol. The molecule has 1 aliphatic heterocycles. The molecular formula is C29H42N4O5. The molecule has 1 aromatic heterocycles. The summed E-state index contributed by atoms with van der Waals surface area (Å²) >= 11 is 0. The van der Waals surface area contributed by atoms with Crippen molar-refractivity contribution in [3.8, 4) is 5.75 Å². The Balaban J connectivity index is 1.47. The maximum atomic E-state index is 13.8. The number of ether oxygens (including phenoxy) is 2. The second-order valence-corrected chi connectivity index (χ2v) is 11.7. The summed E-state index contributed by atoms with van der Waals surface area (Å²) in [7, 11) is 3.51. The number of rotatable bonds is 5. The number of aryl methyl sites for hydroxylation is 1. The van der Waals surface area contributed by atoms with Gasteiger partial charge in [-0.3, -0.25) is 9.59 Å². The smallest absolute Gasteiger partial charge is 0.408 e. The Kier molecular flexibility index (Phi) is 8.23. The Morgan fingerprint density at radius 2 is 1.76 bits per heavy atom. The third-order valence-corrected chi connectivity index (χ3v) is 7.73. The van der Waals surface area contributed by atoms with E-state index in [1.165, 1.54) is 0 Å². The molecular weight excluding hydrogens is 484 g/mol. The quantitative estimate of drug-likeness (QED) is 0.626. The number of fused-ring (bicyclic) bond motifs is 1. The molecule has 0 bridgehead atoms. The fraction of sp³-hybridized carbons (Fsp3) is 0.621. The van der Waals surface area contributed by atoms with E-state index in [9.17, 15) is 14.4 Å². The molecule has 4 rings (SSSR count). The maximum Gasteiger partial charge on any atom is 0.408 e. The van der Waals surface area contributed by atoms with Gasteiger partial charge in [0.05, 0.1) is 12.6 Å². The van der Waals surface area contributed by atoms with Crippen molar-refractivity contribution >= 4 is 28.8 Å². The summed E-state index contributed by atoms with van der Waals surface area (Å²) in [6.45, 7) is 8.68. The highest BCUT2D eigenvalue weighted by molar-refractivity contribution is 5.99. The summed E-state index contributed by atoms with van der Waals surface area (Å²) in [6, 6.07) is 6.89. The minimum absolute atomic E-state index is 0.0574. The molecule has 1 N–H and O–H groups in total. The molecule has 38 heavy (non-hydrogen) atoms. The highest BCUT2D eigenvalue weighted by Gasteiger charge is 2.38. The summed E-state index contributed by atoms with van der Waals surface area (Å²) in [5.41, 5.74) is 0.890. The molecule has 0 radical (unpaired) electrons. The van der Waals surface area contributed by atoms with Crippen LogP contribution in [0.3, 0.4) is 0 Å². The van der Waals surface area contributed by atoms with Crippen LogP contribution in [0.2, 0.25) is 0 Å². The van der Waals surface area contributed by atoms with Gasteiger partial charge in [0.25, 0.3) is 5.91 Å². The molecule has 2 aromatic rings. The van der Waals surface area contributed by atoms with Gasteiger partial charge < -0.3 is 29.2 Å². The predicted octanol–water partition coefficient (Wildman–Crippen LogP) is 4.33. The van der Waals surface area contributed by atoms with Crippen molar-refractivity contribution in [1.29, 1.82) is 0 Å². The van der Waals surface area contributed by atoms with Crippen molar-refractivity contribution in [3.63, 3.8) is 0 Å². The standard InChI is InChI=1S/C29H42N4O5/c1-19-18-32(27(35)25(20-10-8-7-9-11-20)30-28(36)38-29(2,3)4)14-15-33(19)26(34)24-16-21-12-13-22(37-6)17-23(21)31(24)5/h12-13,16-17,19-20,25H,7-11,14-15,18H2,1-6H3,(H,30,36)/t19-,25?/m1/s1. The molecule has 1 saturated heterocycles. The van der Waals surface area contributed by atoms with E-state index < -0.39 is 17.7 Å². The number of hydrogen-bond acceptors (Lipinski definition) is 5. The summed E-state index contributed by atoms with van der Waals surface area (Å²) in [5, 5.41) is 3.87. The number of carbonyl (C=O) groups excluding carboxylic acids is 3. The molecule has 9 nitrogen and oxygen atoms in total. The Bertz CT molecular complexity index is 1180. The summed E-state index contributed by atoms with van der Waals surface area (Å²) < 4.78 is 12.7. The van der Waals surface area contributed by atoms with E-state index in [4.69, 9.17) is 9.47 Å². The fourth-order valence-electron chi connectivity index (χ4n) is 5.73. The Labute approximate surface area is 225 Å². The van der Waals surface area contributed by atoms with Gasteiger partial charge >= 0.3 is 6.09 Å². The highest BCUT2D eigenvalue weighted by atomic mass is 16.6. The molecule has 1 aromatic carbocycles. The molecule has 1 saturated carbocycles. The Hall–Kier alpha value is -3.23. The average Bonchev–Trinajstić information content (AvgIpc) is 3.21. The van der Waals surface area contributed by atoms with Crippen LogP contribution in [0.4, 0.5) is 4.79 Å². The van der Waals surface area contributed by atoms with Crippen LogP contribution < -0.4 is 10.1 Å². The summed E-state index contributed by atoms with van der Waals surface area (Å²) in [5.74, 6) is 0.689. The molecule has 0 spiro atoms. The fourth-order valence-corrected chi connectivity index (χ4v) is 5.73. The van der Waals surface area contributed by atoms with Gasteiger partial charge in [-0.15, -0.1) is 0 Å². The SMILES string of the molecule is COc1ccc2cc(C(=O)N3CCN(C(=O)C(NC(=O)OC(C)(C)C)C4CCCCC4)C[C@H]3C)n(C)c2c1. The van der Waals surface area contributed by atoms with Crippen molar-refractivity contribution in [3.05, 3.63) is 30.0 Å². The normalized spacial score (nSPS) is 19.8. The molecule has 2 heterocycles. The molecule has 2 fully saturated rings. The van der Waals surface area contributed by atoms with Crippen LogP contribution in [0, 0.1) is 5.92 Å². The number of piperazine rings is 1. The first-order chi connectivity index (χ1) is 18.0. The zero-order chi connectivity index (χ0) is 27.6. The van der Waals surface area contributed by atoms with Gasteiger partial charge in [0.2, 0.25) is 5.91 Å². The lowest BCUT2D eigenvalue weighted by Gasteiger charge is -2.42. The van der Waals surface area contributed by atoms with Gasteiger partial charge in [0.1, 0.15) is 23.1 Å². The van der Waals surface area contributed by atoms with Crippen LogP contribution >= 0.6 is 0 Å². The van der Waals surface area contributed by atoms with Crippen LogP contribution in [0.1, 0.15) is 70.3 Å². The largest absolute Gasteiger partial charge is 0.497 e. The van der Waals surface area contributed by atoms with Crippen LogP contribution in [-0.2, 0) is 16.6 Å². The number of aromatic nitrogens is 1. The third-order valence-electron chi connectivity index (χ3n) is 7.73. The van der Waals surface area contributed by atoms with E-state index in [0.717, 1.165) is 48.8 Å². The monoisotopic (exact) mass is 526 g/mol. The first kappa shape index (κ1) is 27.8. The van der Waals surface area contributed by atoms with Crippen molar-refractivity contribution in [1.82, 2.24) is 19.7 Å². The first-order valence-corrected chi connectivity index (χ1v) is 13.7. The number of benzene rings is 1. The number of hydrogen-bond donors (Lipinski definition) is 1. The van der Waals surface area contributed by atoms with Crippen molar-refractivity contribution in [2.75, 3.05) is 26.7 Å². The second-order valence-electron chi connectivity index (χ2n) is 11.7. The summed E-state index contributed by atoms with van der Waals surface area (Å²) in [6.07, 6.45) is 4.52. The zero-order valence-corrected chi connectivity index (χ0v) is 23.6. The van der Waals surface area contributed by atoms with Gasteiger partial charge in [-0.05, 0) is 64.7 Å². The topological polar surface area (TPSA) is 93.1 Å². The van der Waals surface area contributed by atoms with E-state index in [0.29, 0.717) is 25.3 Å². The molecule has 208 valence electrons. The van der Waals surface area contributed by atoms with E-state index in [-0.39, 0.29) is 23.8 Å². The van der Waals surface area contributed by atoms with Gasteiger partial charge in [-0.25, -0.2) is 4.79 Å². The number of carbonyl (C=O) groups is 3. The van der Waals surface area contributed by atoms with Gasteiger partial charge in [0, 0.05) is 44.2 Å². The molecule has 1 unspecified atom stereocenters. The molecule has 1 aliphatic carbocycles. The van der Waals surface area contributed by atoms with Crippen LogP contribution in [-0.4, -0.2) is 76.7 Å². The lowest BCUT2D eigenvalue weighted by Crippen LogP contribution is -2.60. The Morgan fingerprint density at radius 3 is 2.39 bits per heavy atom. The number of nitrogens with zero attached hydrogens (tertiary/aromatic N) is 3. The summed E-state index contributed by atoms with van der Waals surface area (Å²) in [4.78, 5) is 43.6. The van der Waals surface area contributed by atoms with Crippen LogP contribution in [0.15, 0.2) is 24.3 Å². The molecule has 2 atom stereocenters. The average molecular weight is 527 g/mol. The van der Waals surface area contributed by atoms with Crippen LogP contribution in [0.5, 0.6) is 5.75 Å². The van der Waals surface area contributed by atoms with Gasteiger partial charge in [-0.1, -0.05) is 19.3 Å². The molecule has 9 heteroatoms. The number of nitrogens with one attached hydrogen (secondary N) is 1. The van der Waals surface area contributed by atoms with E-state index in [2.05, 4.69) is 5.32 Å². The lowest BCUT2D eigenvalue weighted by atomic mass is 9.83. The van der Waals surface area contributed by atoms with E-state index in [1.54, 1.807) is 12.0 Å². The van der Waals surface area contributed by atoms with E-state index >= 15 is 0 Å². The third kappa shape index (κ3) is 6.08. The molecule has 2 aliphatic rings. The minimum Gasteiger partial charge on any atom is -0.497 e. The highest BCUT2D eigenvalue weighted by Crippen LogP contribution is 2.29. The van der Waals surface area contributed by atoms with Crippen molar-refractivity contribution < 1.29 is 23.9 Å². The number of alkyl carbamates (subject to hydrolysis) is 1. The first-order valence-electron chi connectivity index (χ1n) is 13.7. The van der Waals surface area contributed by atoms with Crippen LogP contribution in [0.25, 0.3) is 10.9 Å². The maximum absolute atomic E-state index is 13.8. The minimum atomic E-state index is -0.641. The lowest BCUT2D eigenvalue weighted by molar-refractivity contribution is -0.137. The zero-order valence-electron chi connectivity index (χ0n) is 23.6. The van der Waals surface area contributed by atoms with Gasteiger partial charge in [0.15, 0.2) is 0 Å². The van der Waals surface area contributed by atoms with Gasteiger partial charge in [-0.2, -0.15) is 0 Å².